The third-order valence-corrected chi connectivity index (χ3v) is 3.03. The molecule has 0 aliphatic heterocycles. The van der Waals surface area contributed by atoms with Gasteiger partial charge in [0.25, 0.3) is 0 Å². The van der Waals surface area contributed by atoms with E-state index in [0.717, 1.165) is 0 Å². The highest BCUT2D eigenvalue weighted by atomic mass is 35.5. The SMILES string of the molecule is N#CCC(=O)Nc1ccc(OCc2cccc(F)c2)c(Cl)c1. The average Bonchev–Trinajstić information content (AvgIpc) is 2.46. The van der Waals surface area contributed by atoms with Gasteiger partial charge in [-0.05, 0) is 35.9 Å². The number of amides is 1. The summed E-state index contributed by atoms with van der Waals surface area (Å²) in [5, 5.41) is 11.3. The number of hydrogen-bond donors (Lipinski definition) is 1. The first kappa shape index (κ1) is 15.8. The van der Waals surface area contributed by atoms with Crippen molar-refractivity contribution in [2.75, 3.05) is 5.32 Å². The number of nitrogens with one attached hydrogen (secondary N) is 1. The van der Waals surface area contributed by atoms with Gasteiger partial charge in [0.05, 0.1) is 11.1 Å². The van der Waals surface area contributed by atoms with Crippen LogP contribution in [0.25, 0.3) is 0 Å². The van der Waals surface area contributed by atoms with E-state index in [0.29, 0.717) is 22.0 Å². The number of carbonyl (C=O) groups excluding carboxylic acids is 1. The highest BCUT2D eigenvalue weighted by Gasteiger charge is 2.06. The Morgan fingerprint density at radius 2 is 2.14 bits per heavy atom. The Hall–Kier alpha value is -2.58. The fourth-order valence-electron chi connectivity index (χ4n) is 1.76. The molecule has 6 heteroatoms. The molecule has 0 atom stereocenters. The molecule has 0 bridgehead atoms. The molecule has 0 heterocycles. The molecule has 2 aromatic rings. The first-order valence-electron chi connectivity index (χ1n) is 6.42. The summed E-state index contributed by atoms with van der Waals surface area (Å²) in [6.07, 6.45) is -0.227. The lowest BCUT2D eigenvalue weighted by Crippen LogP contribution is -2.10. The number of hydrogen-bond acceptors (Lipinski definition) is 3. The molecule has 0 fully saturated rings. The van der Waals surface area contributed by atoms with Crippen LogP contribution >= 0.6 is 11.6 Å². The summed E-state index contributed by atoms with van der Waals surface area (Å²) >= 11 is 6.07. The molecule has 0 aliphatic carbocycles. The third-order valence-electron chi connectivity index (χ3n) is 2.74. The van der Waals surface area contributed by atoms with Gasteiger partial charge in [-0.3, -0.25) is 4.79 Å². The summed E-state index contributed by atoms with van der Waals surface area (Å²) in [6, 6.07) is 12.6. The number of nitrogens with zero attached hydrogens (tertiary/aromatic N) is 1. The smallest absolute Gasteiger partial charge is 0.238 e. The van der Waals surface area contributed by atoms with E-state index < -0.39 is 5.91 Å². The Bertz CT molecular complexity index is 728. The van der Waals surface area contributed by atoms with Gasteiger partial charge in [-0.2, -0.15) is 5.26 Å². The van der Waals surface area contributed by atoms with Crippen LogP contribution in [0.1, 0.15) is 12.0 Å². The van der Waals surface area contributed by atoms with Crippen molar-refractivity contribution in [1.29, 1.82) is 5.26 Å². The first-order chi connectivity index (χ1) is 10.6. The summed E-state index contributed by atoms with van der Waals surface area (Å²) in [5.74, 6) is -0.320. The minimum atomic E-state index is -0.410. The summed E-state index contributed by atoms with van der Waals surface area (Å²) in [6.45, 7) is 0.178. The van der Waals surface area contributed by atoms with Gasteiger partial charge >= 0.3 is 0 Å². The highest BCUT2D eigenvalue weighted by molar-refractivity contribution is 6.32. The molecule has 0 saturated heterocycles. The first-order valence-corrected chi connectivity index (χ1v) is 6.80. The monoisotopic (exact) mass is 318 g/mol. The summed E-state index contributed by atoms with van der Waals surface area (Å²) in [4.78, 5) is 11.3. The van der Waals surface area contributed by atoms with Crippen molar-refractivity contribution in [2.45, 2.75) is 13.0 Å². The van der Waals surface area contributed by atoms with E-state index in [1.807, 2.05) is 0 Å². The molecule has 0 spiro atoms. The predicted octanol–water partition coefficient (Wildman–Crippen LogP) is 3.91. The van der Waals surface area contributed by atoms with Gasteiger partial charge in [0.2, 0.25) is 5.91 Å². The van der Waals surface area contributed by atoms with Gasteiger partial charge in [0.1, 0.15) is 24.6 Å². The Morgan fingerprint density at radius 3 is 2.82 bits per heavy atom. The van der Waals surface area contributed by atoms with Crippen LogP contribution in [-0.4, -0.2) is 5.91 Å². The van der Waals surface area contributed by atoms with E-state index in [-0.39, 0.29) is 18.8 Å². The molecule has 0 aliphatic rings. The maximum Gasteiger partial charge on any atom is 0.238 e. The molecular weight excluding hydrogens is 307 g/mol. The van der Waals surface area contributed by atoms with E-state index >= 15 is 0 Å². The van der Waals surface area contributed by atoms with Crippen LogP contribution in [0.3, 0.4) is 0 Å². The summed E-state index contributed by atoms with van der Waals surface area (Å²) in [5.41, 5.74) is 1.16. The fraction of sp³-hybridized carbons (Fsp3) is 0.125. The Balaban J connectivity index is 2.01. The molecule has 1 amide bonds. The van der Waals surface area contributed by atoms with Crippen LogP contribution in [0, 0.1) is 17.1 Å². The van der Waals surface area contributed by atoms with Gasteiger partial charge < -0.3 is 10.1 Å². The number of carbonyl (C=O) groups is 1. The van der Waals surface area contributed by atoms with Crippen LogP contribution in [0.2, 0.25) is 5.02 Å². The lowest BCUT2D eigenvalue weighted by atomic mass is 10.2. The number of nitriles is 1. The van der Waals surface area contributed by atoms with Crippen molar-refractivity contribution in [2.24, 2.45) is 0 Å². The third kappa shape index (κ3) is 4.47. The van der Waals surface area contributed by atoms with Crippen molar-refractivity contribution in [3.05, 3.63) is 58.9 Å². The predicted molar refractivity (Wildman–Crippen MR) is 81.0 cm³/mol. The Labute approximate surface area is 132 Å². The molecule has 22 heavy (non-hydrogen) atoms. The van der Waals surface area contributed by atoms with Gasteiger partial charge in [-0.15, -0.1) is 0 Å². The molecular formula is C16H12ClFN2O2. The number of benzene rings is 2. The average molecular weight is 319 g/mol. The van der Waals surface area contributed by atoms with E-state index in [2.05, 4.69) is 5.32 Å². The minimum absolute atomic E-state index is 0.178. The van der Waals surface area contributed by atoms with Crippen molar-refractivity contribution in [3.63, 3.8) is 0 Å². The molecule has 1 N–H and O–H groups in total. The number of rotatable bonds is 5. The molecule has 0 aromatic heterocycles. The minimum Gasteiger partial charge on any atom is -0.487 e. The number of ether oxygens (including phenoxy) is 1. The zero-order valence-electron chi connectivity index (χ0n) is 11.5. The second-order valence-electron chi connectivity index (χ2n) is 4.45. The maximum absolute atomic E-state index is 13.1. The summed E-state index contributed by atoms with van der Waals surface area (Å²) < 4.78 is 18.6. The molecule has 112 valence electrons. The second kappa shape index (κ2) is 7.43. The summed E-state index contributed by atoms with van der Waals surface area (Å²) in [7, 11) is 0. The molecule has 0 saturated carbocycles. The van der Waals surface area contributed by atoms with Crippen molar-refractivity contribution in [3.8, 4) is 11.8 Å². The van der Waals surface area contributed by atoms with E-state index in [9.17, 15) is 9.18 Å². The van der Waals surface area contributed by atoms with Gasteiger partial charge in [-0.1, -0.05) is 23.7 Å². The second-order valence-corrected chi connectivity index (χ2v) is 4.85. The fourth-order valence-corrected chi connectivity index (χ4v) is 2.00. The Kier molecular flexibility index (Phi) is 5.34. The van der Waals surface area contributed by atoms with Crippen LogP contribution < -0.4 is 10.1 Å². The van der Waals surface area contributed by atoms with Crippen LogP contribution in [-0.2, 0) is 11.4 Å². The molecule has 0 unspecified atom stereocenters. The molecule has 0 radical (unpaired) electrons. The quantitative estimate of drug-likeness (QED) is 0.909. The van der Waals surface area contributed by atoms with E-state index in [1.54, 1.807) is 30.3 Å². The normalized spacial score (nSPS) is 9.86. The van der Waals surface area contributed by atoms with Crippen molar-refractivity contribution >= 4 is 23.2 Å². The van der Waals surface area contributed by atoms with Gasteiger partial charge in [0, 0.05) is 5.69 Å². The van der Waals surface area contributed by atoms with Crippen molar-refractivity contribution < 1.29 is 13.9 Å². The van der Waals surface area contributed by atoms with E-state index in [4.69, 9.17) is 21.6 Å². The largest absolute Gasteiger partial charge is 0.487 e. The van der Waals surface area contributed by atoms with Crippen LogP contribution in [0.5, 0.6) is 5.75 Å². The zero-order valence-corrected chi connectivity index (χ0v) is 12.2. The molecule has 4 nitrogen and oxygen atoms in total. The van der Waals surface area contributed by atoms with Crippen molar-refractivity contribution in [1.82, 2.24) is 0 Å². The molecule has 2 aromatic carbocycles. The van der Waals surface area contributed by atoms with Crippen LogP contribution in [0.15, 0.2) is 42.5 Å². The Morgan fingerprint density at radius 1 is 1.32 bits per heavy atom. The van der Waals surface area contributed by atoms with Gasteiger partial charge in [-0.25, -0.2) is 4.39 Å². The van der Waals surface area contributed by atoms with Gasteiger partial charge in [0.15, 0.2) is 0 Å². The maximum atomic E-state index is 13.1. The molecule has 2 rings (SSSR count). The number of halogens is 2. The highest BCUT2D eigenvalue weighted by Crippen LogP contribution is 2.28. The van der Waals surface area contributed by atoms with Crippen LogP contribution in [0.4, 0.5) is 10.1 Å². The lowest BCUT2D eigenvalue weighted by Gasteiger charge is -2.10. The lowest BCUT2D eigenvalue weighted by molar-refractivity contribution is -0.115. The zero-order chi connectivity index (χ0) is 15.9. The van der Waals surface area contributed by atoms with E-state index in [1.165, 1.54) is 18.2 Å². The topological polar surface area (TPSA) is 62.1 Å². The number of anilines is 1. The standard InChI is InChI=1S/C16H12ClFN2O2/c17-14-9-13(20-16(21)6-7-19)4-5-15(14)22-10-11-2-1-3-12(18)8-11/h1-5,8-9H,6,10H2,(H,20,21).